The maximum Gasteiger partial charge on any atom is 0.262 e. The van der Waals surface area contributed by atoms with Gasteiger partial charge in [-0.05, 0) is 53.5 Å². The first-order chi connectivity index (χ1) is 14.3. The first-order valence-electron chi connectivity index (χ1n) is 10.8. The molecule has 0 saturated carbocycles. The summed E-state index contributed by atoms with van der Waals surface area (Å²) < 4.78 is 5.08. The molecule has 0 unspecified atom stereocenters. The zero-order valence-corrected chi connectivity index (χ0v) is 20.6. The Kier molecular flexibility index (Phi) is 8.99. The van der Waals surface area contributed by atoms with Gasteiger partial charge in [-0.3, -0.25) is 0 Å². The van der Waals surface area contributed by atoms with Crippen LogP contribution in [0.5, 0.6) is 0 Å². The SMILES string of the molecule is CCCN(CCC)c1ccc(/C=C/c2sc3ccccc3[n+]2CCCCI)cc1. The smallest absolute Gasteiger partial charge is 0.262 e. The second kappa shape index (κ2) is 11.7. The van der Waals surface area contributed by atoms with Crippen molar-refractivity contribution in [2.24, 2.45) is 0 Å². The largest absolute Gasteiger partial charge is 0.372 e. The molecule has 0 atom stereocenters. The molecule has 0 amide bonds. The molecule has 0 aliphatic heterocycles. The first-order valence-corrected chi connectivity index (χ1v) is 13.1. The number of rotatable bonds is 11. The van der Waals surface area contributed by atoms with Crippen LogP contribution in [0.15, 0.2) is 48.5 Å². The average molecular weight is 520 g/mol. The molecule has 0 saturated heterocycles. The number of hydrogen-bond donors (Lipinski definition) is 0. The van der Waals surface area contributed by atoms with Gasteiger partial charge in [-0.15, -0.1) is 0 Å². The lowest BCUT2D eigenvalue weighted by Gasteiger charge is -2.23. The summed E-state index contributed by atoms with van der Waals surface area (Å²) in [5, 5.41) is 1.34. The summed E-state index contributed by atoms with van der Waals surface area (Å²) in [5.41, 5.74) is 3.95. The van der Waals surface area contributed by atoms with E-state index < -0.39 is 0 Å². The highest BCUT2D eigenvalue weighted by atomic mass is 127. The number of nitrogens with zero attached hydrogens (tertiary/aromatic N) is 2. The van der Waals surface area contributed by atoms with Gasteiger partial charge in [-0.25, -0.2) is 0 Å². The van der Waals surface area contributed by atoms with Gasteiger partial charge >= 0.3 is 0 Å². The Balaban J connectivity index is 1.80. The van der Waals surface area contributed by atoms with E-state index in [2.05, 4.69) is 107 Å². The van der Waals surface area contributed by atoms with Crippen LogP contribution < -0.4 is 9.47 Å². The van der Waals surface area contributed by atoms with E-state index in [1.807, 2.05) is 11.3 Å². The van der Waals surface area contributed by atoms with Crippen LogP contribution in [0, 0.1) is 0 Å². The summed E-state index contributed by atoms with van der Waals surface area (Å²) in [6.45, 7) is 7.85. The molecule has 1 aromatic heterocycles. The number of hydrogen-bond acceptors (Lipinski definition) is 2. The van der Waals surface area contributed by atoms with E-state index in [1.165, 1.54) is 56.6 Å². The van der Waals surface area contributed by atoms with E-state index in [0.29, 0.717) is 0 Å². The predicted octanol–water partition coefficient (Wildman–Crippen LogP) is 7.20. The monoisotopic (exact) mass is 519 g/mol. The standard InChI is InChI=1S/C25H32IN2S/c1-3-18-27(19-4-2)22-14-11-21(12-15-22)13-16-25-28(20-8-7-17-26)23-9-5-6-10-24(23)29-25/h5-6,9-16H,3-4,7-8,17-20H2,1-2H3/q+1. The minimum absolute atomic E-state index is 1.09. The van der Waals surface area contributed by atoms with Gasteiger partial charge < -0.3 is 4.90 Å². The van der Waals surface area contributed by atoms with Crippen molar-refractivity contribution in [3.8, 4) is 0 Å². The van der Waals surface area contributed by atoms with Crippen LogP contribution in [0.2, 0.25) is 0 Å². The molecule has 2 aromatic carbocycles. The number of alkyl halides is 1. The van der Waals surface area contributed by atoms with Gasteiger partial charge in [0.1, 0.15) is 4.70 Å². The van der Waals surface area contributed by atoms with Crippen LogP contribution in [0.25, 0.3) is 22.4 Å². The second-order valence-corrected chi connectivity index (χ2v) is 9.51. The van der Waals surface area contributed by atoms with Gasteiger partial charge in [0.2, 0.25) is 5.52 Å². The highest BCUT2D eigenvalue weighted by Gasteiger charge is 2.17. The number of aromatic nitrogens is 1. The maximum atomic E-state index is 2.49. The predicted molar refractivity (Wildman–Crippen MR) is 138 cm³/mol. The van der Waals surface area contributed by atoms with Crippen molar-refractivity contribution in [3.63, 3.8) is 0 Å². The van der Waals surface area contributed by atoms with Crippen LogP contribution >= 0.6 is 33.9 Å². The highest BCUT2D eigenvalue weighted by molar-refractivity contribution is 14.1. The van der Waals surface area contributed by atoms with Crippen LogP contribution in [0.1, 0.15) is 50.1 Å². The molecule has 0 N–H and O–H groups in total. The average Bonchev–Trinajstić information content (AvgIpc) is 3.10. The molecule has 154 valence electrons. The Bertz CT molecular complexity index is 908. The lowest BCUT2D eigenvalue weighted by atomic mass is 10.1. The first kappa shape index (κ1) is 22.3. The summed E-state index contributed by atoms with van der Waals surface area (Å²) in [4.78, 5) is 2.49. The molecule has 2 nitrogen and oxygen atoms in total. The van der Waals surface area contributed by atoms with Crippen molar-refractivity contribution >= 4 is 62.0 Å². The van der Waals surface area contributed by atoms with Crippen LogP contribution in [-0.2, 0) is 6.54 Å². The molecule has 1 heterocycles. The Labute approximate surface area is 193 Å². The van der Waals surface area contributed by atoms with E-state index >= 15 is 0 Å². The van der Waals surface area contributed by atoms with E-state index in [-0.39, 0.29) is 0 Å². The molecule has 0 aliphatic rings. The number of thiazole rings is 1. The van der Waals surface area contributed by atoms with E-state index in [4.69, 9.17) is 0 Å². The number of halogens is 1. The van der Waals surface area contributed by atoms with Gasteiger partial charge in [-0.2, -0.15) is 4.57 Å². The summed E-state index contributed by atoms with van der Waals surface area (Å²) in [5.74, 6) is 0. The van der Waals surface area contributed by atoms with Gasteiger partial charge in [0, 0.05) is 37.3 Å². The van der Waals surface area contributed by atoms with Crippen molar-refractivity contribution in [1.29, 1.82) is 0 Å². The number of fused-ring (bicyclic) bond motifs is 1. The Morgan fingerprint density at radius 1 is 0.931 bits per heavy atom. The van der Waals surface area contributed by atoms with Crippen molar-refractivity contribution in [1.82, 2.24) is 0 Å². The lowest BCUT2D eigenvalue weighted by Crippen LogP contribution is -2.35. The lowest BCUT2D eigenvalue weighted by molar-refractivity contribution is -0.669. The van der Waals surface area contributed by atoms with E-state index in [0.717, 1.165) is 19.6 Å². The van der Waals surface area contributed by atoms with E-state index in [1.54, 1.807) is 0 Å². The molecule has 0 aliphatic carbocycles. The van der Waals surface area contributed by atoms with Gasteiger partial charge in [0.25, 0.3) is 5.01 Å². The number of aryl methyl sites for hydroxylation is 1. The molecular formula is C25H32IN2S+. The fourth-order valence-electron chi connectivity index (χ4n) is 3.65. The molecule has 3 aromatic rings. The van der Waals surface area contributed by atoms with E-state index in [9.17, 15) is 0 Å². The number of anilines is 1. The van der Waals surface area contributed by atoms with Crippen LogP contribution in [0.4, 0.5) is 5.69 Å². The molecule has 0 fully saturated rings. The second-order valence-electron chi connectivity index (χ2n) is 7.37. The van der Waals surface area contributed by atoms with Crippen molar-refractivity contribution in [3.05, 3.63) is 59.1 Å². The number of unbranched alkanes of at least 4 members (excludes halogenated alkanes) is 1. The summed E-state index contributed by atoms with van der Waals surface area (Å²) in [6.07, 6.45) is 9.42. The Hall–Kier alpha value is -1.40. The number of benzene rings is 2. The molecule has 0 radical (unpaired) electrons. The quantitative estimate of drug-likeness (QED) is 0.112. The minimum Gasteiger partial charge on any atom is -0.372 e. The molecule has 29 heavy (non-hydrogen) atoms. The van der Waals surface area contributed by atoms with Gasteiger partial charge in [0.05, 0.1) is 0 Å². The Morgan fingerprint density at radius 3 is 2.34 bits per heavy atom. The molecular weight excluding hydrogens is 487 g/mol. The minimum atomic E-state index is 1.09. The molecule has 4 heteroatoms. The summed E-state index contributed by atoms with van der Waals surface area (Å²) >= 11 is 4.36. The maximum absolute atomic E-state index is 2.49. The van der Waals surface area contributed by atoms with Crippen LogP contribution in [0.3, 0.4) is 0 Å². The normalized spacial score (nSPS) is 11.6. The third kappa shape index (κ3) is 6.05. The number of para-hydroxylation sites is 1. The van der Waals surface area contributed by atoms with Gasteiger partial charge in [-0.1, -0.05) is 72.0 Å². The third-order valence-electron chi connectivity index (χ3n) is 5.07. The summed E-state index contributed by atoms with van der Waals surface area (Å²) in [7, 11) is 0. The molecule has 0 spiro atoms. The fraction of sp³-hybridized carbons (Fsp3) is 0.400. The molecule has 3 rings (SSSR count). The van der Waals surface area contributed by atoms with Crippen molar-refractivity contribution < 1.29 is 4.57 Å². The van der Waals surface area contributed by atoms with Crippen LogP contribution in [-0.4, -0.2) is 17.5 Å². The van der Waals surface area contributed by atoms with Gasteiger partial charge in [0.15, 0.2) is 6.54 Å². The van der Waals surface area contributed by atoms with Crippen molar-refractivity contribution in [2.45, 2.75) is 46.1 Å². The third-order valence-corrected chi connectivity index (χ3v) is 6.96. The topological polar surface area (TPSA) is 7.12 Å². The Morgan fingerprint density at radius 2 is 1.66 bits per heavy atom. The van der Waals surface area contributed by atoms with Crippen molar-refractivity contribution in [2.75, 3.05) is 22.4 Å². The summed E-state index contributed by atoms with van der Waals surface area (Å²) in [6, 6.07) is 17.8. The highest BCUT2D eigenvalue weighted by Crippen LogP contribution is 2.23. The zero-order chi connectivity index (χ0) is 20.5. The fourth-order valence-corrected chi connectivity index (χ4v) is 5.28. The molecule has 0 bridgehead atoms. The zero-order valence-electron chi connectivity index (χ0n) is 17.6.